The molecule has 32 heavy (non-hydrogen) atoms. The number of rotatable bonds is 8. The monoisotopic (exact) mass is 453 g/mol. The molecule has 0 spiro atoms. The Morgan fingerprint density at radius 1 is 1.34 bits per heavy atom. The molecule has 2 fully saturated rings. The molecule has 1 aromatic heterocycles. The van der Waals surface area contributed by atoms with Crippen LogP contribution in [0.3, 0.4) is 0 Å². The molecule has 0 bridgehead atoms. The van der Waals surface area contributed by atoms with Crippen molar-refractivity contribution >= 4 is 30.2 Å². The van der Waals surface area contributed by atoms with Crippen molar-refractivity contribution in [3.8, 4) is 0 Å². The minimum Gasteiger partial charge on any atom is -0.489 e. The number of allylic oxidation sites excluding steroid dienone is 2. The van der Waals surface area contributed by atoms with Crippen LogP contribution in [0.4, 0.5) is 15.9 Å². The van der Waals surface area contributed by atoms with Crippen molar-refractivity contribution in [2.75, 3.05) is 5.32 Å². The standard InChI is InChI=1S/C24H28FN5OS/c1-3-17(14-4-5-14)21(13-26-2)31-16-7-6-15(10-16)20-11-23(30-29-20)28-19-8-9-22-18(24(19)25)12-27-32-22/h3,8-9,11,13-16,27H,2,4-7,10,12H2,1H3,(H2,28,29,30)/b17-3-,21-13+. The quantitative estimate of drug-likeness (QED) is 0.199. The summed E-state index contributed by atoms with van der Waals surface area (Å²) in [5.74, 6) is 2.21. The fourth-order valence-corrected chi connectivity index (χ4v) is 5.43. The van der Waals surface area contributed by atoms with Crippen LogP contribution in [0.5, 0.6) is 0 Å². The Morgan fingerprint density at radius 3 is 3.00 bits per heavy atom. The molecule has 168 valence electrons. The number of hydrogen-bond acceptors (Lipinski definition) is 6. The van der Waals surface area contributed by atoms with Gasteiger partial charge in [0.15, 0.2) is 11.6 Å². The van der Waals surface area contributed by atoms with E-state index in [1.165, 1.54) is 30.4 Å². The number of aromatic nitrogens is 2. The highest BCUT2D eigenvalue weighted by Crippen LogP contribution is 2.43. The molecule has 1 aromatic carbocycles. The van der Waals surface area contributed by atoms with Gasteiger partial charge in [-0.3, -0.25) is 14.8 Å². The molecule has 0 saturated heterocycles. The highest BCUT2D eigenvalue weighted by atomic mass is 32.2. The molecular formula is C24H28FN5OS. The molecule has 8 heteroatoms. The second kappa shape index (κ2) is 9.11. The normalized spacial score (nSPS) is 23.3. The summed E-state index contributed by atoms with van der Waals surface area (Å²) in [6.07, 6.45) is 9.37. The number of aromatic amines is 1. The number of fused-ring (bicyclic) bond motifs is 1. The second-order valence-electron chi connectivity index (χ2n) is 8.60. The van der Waals surface area contributed by atoms with E-state index >= 15 is 0 Å². The van der Waals surface area contributed by atoms with Gasteiger partial charge in [0, 0.05) is 34.7 Å². The van der Waals surface area contributed by atoms with Gasteiger partial charge in [0.1, 0.15) is 5.76 Å². The Kier molecular flexibility index (Phi) is 6.06. The molecule has 3 aliphatic rings. The third-order valence-corrected chi connectivity index (χ3v) is 7.32. The van der Waals surface area contributed by atoms with Crippen molar-refractivity contribution in [3.63, 3.8) is 0 Å². The number of benzene rings is 1. The van der Waals surface area contributed by atoms with Gasteiger partial charge in [-0.2, -0.15) is 5.10 Å². The first-order valence-corrected chi connectivity index (χ1v) is 12.0. The average Bonchev–Trinajstić information content (AvgIpc) is 3.19. The van der Waals surface area contributed by atoms with E-state index in [4.69, 9.17) is 4.74 Å². The zero-order valence-electron chi connectivity index (χ0n) is 18.2. The highest BCUT2D eigenvalue weighted by molar-refractivity contribution is 7.97. The Morgan fingerprint density at radius 2 is 2.22 bits per heavy atom. The molecule has 2 aliphatic carbocycles. The molecular weight excluding hydrogens is 425 g/mol. The Labute approximate surface area is 191 Å². The maximum absolute atomic E-state index is 14.8. The van der Waals surface area contributed by atoms with Crippen molar-refractivity contribution in [1.29, 1.82) is 0 Å². The van der Waals surface area contributed by atoms with Crippen molar-refractivity contribution in [1.82, 2.24) is 14.9 Å². The van der Waals surface area contributed by atoms with E-state index in [2.05, 4.69) is 44.9 Å². The van der Waals surface area contributed by atoms with Crippen LogP contribution in [0, 0.1) is 11.7 Å². The van der Waals surface area contributed by atoms with Crippen LogP contribution in [0.15, 0.2) is 51.7 Å². The molecule has 2 heterocycles. The molecule has 5 rings (SSSR count). The summed E-state index contributed by atoms with van der Waals surface area (Å²) in [5.41, 5.74) is 3.46. The van der Waals surface area contributed by atoms with Crippen molar-refractivity contribution in [2.24, 2.45) is 10.9 Å². The number of hydrogen-bond donors (Lipinski definition) is 3. The van der Waals surface area contributed by atoms with E-state index in [9.17, 15) is 4.39 Å². The number of H-pyrrole nitrogens is 1. The molecule has 6 nitrogen and oxygen atoms in total. The lowest BCUT2D eigenvalue weighted by molar-refractivity contribution is 0.124. The van der Waals surface area contributed by atoms with E-state index in [0.29, 0.717) is 35.4 Å². The SMILES string of the molecule is C=N/C=C(OC1CCC(c2cc(Nc3ccc4c(c3F)CNS4)n[nH]2)C1)\C(=C/C)C1CC1. The summed E-state index contributed by atoms with van der Waals surface area (Å²) in [6, 6.07) is 5.68. The largest absolute Gasteiger partial charge is 0.489 e. The van der Waals surface area contributed by atoms with Gasteiger partial charge in [0.2, 0.25) is 0 Å². The maximum Gasteiger partial charge on any atom is 0.152 e. The van der Waals surface area contributed by atoms with Gasteiger partial charge < -0.3 is 10.1 Å². The maximum atomic E-state index is 14.8. The Bertz CT molecular complexity index is 1070. The predicted octanol–water partition coefficient (Wildman–Crippen LogP) is 5.95. The van der Waals surface area contributed by atoms with Gasteiger partial charge in [-0.1, -0.05) is 6.08 Å². The molecule has 2 atom stereocenters. The number of ether oxygens (including phenoxy) is 1. The van der Waals surface area contributed by atoms with Crippen LogP contribution < -0.4 is 10.0 Å². The van der Waals surface area contributed by atoms with Gasteiger partial charge >= 0.3 is 0 Å². The summed E-state index contributed by atoms with van der Waals surface area (Å²) in [4.78, 5) is 4.91. The van der Waals surface area contributed by atoms with Crippen LogP contribution in [-0.4, -0.2) is 23.0 Å². The van der Waals surface area contributed by atoms with Crippen LogP contribution in [-0.2, 0) is 11.3 Å². The second-order valence-corrected chi connectivity index (χ2v) is 9.54. The van der Waals surface area contributed by atoms with E-state index in [-0.39, 0.29) is 11.9 Å². The van der Waals surface area contributed by atoms with E-state index in [0.717, 1.165) is 35.6 Å². The summed E-state index contributed by atoms with van der Waals surface area (Å²) >= 11 is 1.46. The number of halogens is 1. The Balaban J connectivity index is 1.23. The molecule has 2 unspecified atom stereocenters. The lowest BCUT2D eigenvalue weighted by atomic mass is 10.0. The minimum absolute atomic E-state index is 0.139. The third-order valence-electron chi connectivity index (χ3n) is 6.43. The zero-order chi connectivity index (χ0) is 22.1. The summed E-state index contributed by atoms with van der Waals surface area (Å²) < 4.78 is 24.2. The van der Waals surface area contributed by atoms with Crippen molar-refractivity contribution in [2.45, 2.75) is 62.5 Å². The predicted molar refractivity (Wildman–Crippen MR) is 127 cm³/mol. The summed E-state index contributed by atoms with van der Waals surface area (Å²) in [6.45, 7) is 6.20. The van der Waals surface area contributed by atoms with Gasteiger partial charge in [0.05, 0.1) is 18.0 Å². The third kappa shape index (κ3) is 4.34. The van der Waals surface area contributed by atoms with E-state index in [1.807, 2.05) is 12.1 Å². The lowest BCUT2D eigenvalue weighted by Gasteiger charge is -2.18. The first-order chi connectivity index (χ1) is 15.7. The molecule has 3 N–H and O–H groups in total. The smallest absolute Gasteiger partial charge is 0.152 e. The lowest BCUT2D eigenvalue weighted by Crippen LogP contribution is -2.10. The summed E-state index contributed by atoms with van der Waals surface area (Å²) in [5, 5.41) is 10.6. The van der Waals surface area contributed by atoms with Gasteiger partial charge in [0.25, 0.3) is 0 Å². The van der Waals surface area contributed by atoms with Crippen molar-refractivity contribution in [3.05, 3.63) is 58.9 Å². The van der Waals surface area contributed by atoms with Gasteiger partial charge in [-0.05, 0) is 81.3 Å². The number of nitrogens with zero attached hydrogens (tertiary/aromatic N) is 2. The first kappa shape index (κ1) is 21.3. The Hall–Kier alpha value is -2.58. The number of anilines is 2. The van der Waals surface area contributed by atoms with Crippen LogP contribution in [0.2, 0.25) is 0 Å². The molecule has 2 aromatic rings. The van der Waals surface area contributed by atoms with Crippen molar-refractivity contribution < 1.29 is 9.13 Å². The molecule has 0 amide bonds. The number of aliphatic imine (C=N–C) groups is 1. The highest BCUT2D eigenvalue weighted by Gasteiger charge is 2.33. The van der Waals surface area contributed by atoms with Crippen LogP contribution >= 0.6 is 11.9 Å². The van der Waals surface area contributed by atoms with Gasteiger partial charge in [-0.25, -0.2) is 4.39 Å². The van der Waals surface area contributed by atoms with Gasteiger partial charge in [-0.15, -0.1) is 0 Å². The number of nitrogens with one attached hydrogen (secondary N) is 3. The topological polar surface area (TPSA) is 74.3 Å². The van der Waals surface area contributed by atoms with E-state index in [1.54, 1.807) is 12.3 Å². The first-order valence-electron chi connectivity index (χ1n) is 11.2. The average molecular weight is 454 g/mol. The minimum atomic E-state index is -0.218. The fourth-order valence-electron chi connectivity index (χ4n) is 4.63. The summed E-state index contributed by atoms with van der Waals surface area (Å²) in [7, 11) is 0. The molecule has 0 radical (unpaired) electrons. The molecule has 1 aliphatic heterocycles. The fraction of sp³-hybridized carbons (Fsp3) is 0.417. The zero-order valence-corrected chi connectivity index (χ0v) is 19.0. The van der Waals surface area contributed by atoms with Crippen LogP contribution in [0.25, 0.3) is 0 Å². The molecule has 2 saturated carbocycles. The van der Waals surface area contributed by atoms with Crippen LogP contribution in [0.1, 0.15) is 56.2 Å². The van der Waals surface area contributed by atoms with E-state index < -0.39 is 0 Å².